The van der Waals surface area contributed by atoms with Crippen molar-refractivity contribution in [3.8, 4) is 0 Å². The molecule has 1 aromatic heterocycles. The highest BCUT2D eigenvalue weighted by Crippen LogP contribution is 2.12. The molecule has 0 bridgehead atoms. The lowest BCUT2D eigenvalue weighted by atomic mass is 10.3. The van der Waals surface area contributed by atoms with Crippen LogP contribution in [0.5, 0.6) is 0 Å². The highest BCUT2D eigenvalue weighted by Gasteiger charge is 2.02. The molecular weight excluding hydrogens is 202 g/mol. The van der Waals surface area contributed by atoms with E-state index in [0.29, 0.717) is 0 Å². The van der Waals surface area contributed by atoms with E-state index in [1.54, 1.807) is 0 Å². The largest absolute Gasteiger partial charge is 0.380 e. The van der Waals surface area contributed by atoms with Gasteiger partial charge in [0.2, 0.25) is 0 Å². The van der Waals surface area contributed by atoms with Gasteiger partial charge in [0.25, 0.3) is 0 Å². The maximum atomic E-state index is 5.33. The summed E-state index contributed by atoms with van der Waals surface area (Å²) in [6.45, 7) is 5.24. The second-order valence-electron chi connectivity index (χ2n) is 3.65. The first-order chi connectivity index (χ1) is 7.77. The quantitative estimate of drug-likeness (QED) is 0.706. The predicted octanol–water partition coefficient (Wildman–Crippen LogP) is 1.27. The molecule has 90 valence electrons. The normalized spacial score (nSPS) is 10.4. The van der Waals surface area contributed by atoms with E-state index in [9.17, 15) is 0 Å². The van der Waals surface area contributed by atoms with Crippen molar-refractivity contribution in [1.29, 1.82) is 0 Å². The number of nitrogens with zero attached hydrogens (tertiary/aromatic N) is 2. The predicted molar refractivity (Wildman–Crippen MR) is 66.8 cm³/mol. The van der Waals surface area contributed by atoms with Crippen LogP contribution in [0.1, 0.15) is 12.6 Å². The Balaban J connectivity index is 2.53. The second-order valence-corrected chi connectivity index (χ2v) is 3.65. The number of anilines is 1. The van der Waals surface area contributed by atoms with Crippen LogP contribution in [0.3, 0.4) is 0 Å². The zero-order chi connectivity index (χ0) is 11.8. The Morgan fingerprint density at radius 3 is 3.00 bits per heavy atom. The Morgan fingerprint density at radius 2 is 2.31 bits per heavy atom. The van der Waals surface area contributed by atoms with Crippen LogP contribution in [0.15, 0.2) is 18.3 Å². The number of hydrogen-bond acceptors (Lipinski definition) is 4. The van der Waals surface area contributed by atoms with E-state index in [2.05, 4.69) is 28.3 Å². The van der Waals surface area contributed by atoms with Gasteiger partial charge in [-0.05, 0) is 26.1 Å². The number of likely N-dealkylation sites (N-methyl/N-ethyl adjacent to an activating group) is 1. The van der Waals surface area contributed by atoms with Crippen molar-refractivity contribution in [2.45, 2.75) is 13.5 Å². The summed E-state index contributed by atoms with van der Waals surface area (Å²) in [4.78, 5) is 6.46. The molecule has 1 aromatic rings. The van der Waals surface area contributed by atoms with E-state index in [4.69, 9.17) is 4.74 Å². The van der Waals surface area contributed by atoms with Gasteiger partial charge >= 0.3 is 0 Å². The van der Waals surface area contributed by atoms with Crippen molar-refractivity contribution in [3.63, 3.8) is 0 Å². The lowest BCUT2D eigenvalue weighted by Crippen LogP contribution is -2.23. The maximum Gasteiger partial charge on any atom is 0.0641 e. The lowest BCUT2D eigenvalue weighted by molar-refractivity contribution is 0.154. The third-order valence-electron chi connectivity index (χ3n) is 2.37. The first-order valence-electron chi connectivity index (χ1n) is 5.66. The fourth-order valence-corrected chi connectivity index (χ4v) is 1.46. The van der Waals surface area contributed by atoms with E-state index < -0.39 is 0 Å². The summed E-state index contributed by atoms with van der Waals surface area (Å²) >= 11 is 0. The smallest absolute Gasteiger partial charge is 0.0641 e. The van der Waals surface area contributed by atoms with Crippen LogP contribution in [0, 0.1) is 0 Å². The second kappa shape index (κ2) is 7.19. The molecule has 0 amide bonds. The van der Waals surface area contributed by atoms with Crippen molar-refractivity contribution in [2.75, 3.05) is 38.8 Å². The minimum atomic E-state index is 0.761. The zero-order valence-corrected chi connectivity index (χ0v) is 10.4. The SMILES string of the molecule is CCOCCN(C)c1ccnc(CNC)c1. The Morgan fingerprint density at radius 1 is 1.50 bits per heavy atom. The minimum Gasteiger partial charge on any atom is -0.380 e. The van der Waals surface area contributed by atoms with Gasteiger partial charge in [0.1, 0.15) is 0 Å². The van der Waals surface area contributed by atoms with E-state index in [1.165, 1.54) is 5.69 Å². The molecule has 4 heteroatoms. The van der Waals surface area contributed by atoms with Crippen molar-refractivity contribution >= 4 is 5.69 Å². The van der Waals surface area contributed by atoms with Crippen LogP contribution in [-0.4, -0.2) is 38.8 Å². The topological polar surface area (TPSA) is 37.4 Å². The van der Waals surface area contributed by atoms with Gasteiger partial charge in [-0.3, -0.25) is 4.98 Å². The summed E-state index contributed by atoms with van der Waals surface area (Å²) in [5.41, 5.74) is 2.24. The van der Waals surface area contributed by atoms with Crippen molar-refractivity contribution in [1.82, 2.24) is 10.3 Å². The molecule has 4 nitrogen and oxygen atoms in total. The molecule has 0 unspecified atom stereocenters. The third-order valence-corrected chi connectivity index (χ3v) is 2.37. The highest BCUT2D eigenvalue weighted by molar-refractivity contribution is 5.45. The van der Waals surface area contributed by atoms with Crippen LogP contribution in [0.2, 0.25) is 0 Å². The number of rotatable bonds is 7. The molecule has 0 saturated carbocycles. The highest BCUT2D eigenvalue weighted by atomic mass is 16.5. The van der Waals surface area contributed by atoms with E-state index in [-0.39, 0.29) is 0 Å². The van der Waals surface area contributed by atoms with Gasteiger partial charge in [0.15, 0.2) is 0 Å². The van der Waals surface area contributed by atoms with Crippen LogP contribution in [0.25, 0.3) is 0 Å². The average Bonchev–Trinajstić information content (AvgIpc) is 2.30. The summed E-state index contributed by atoms with van der Waals surface area (Å²) in [5.74, 6) is 0. The van der Waals surface area contributed by atoms with Crippen molar-refractivity contribution < 1.29 is 4.74 Å². The van der Waals surface area contributed by atoms with Crippen molar-refractivity contribution in [3.05, 3.63) is 24.0 Å². The maximum absolute atomic E-state index is 5.33. The molecule has 0 spiro atoms. The molecule has 0 radical (unpaired) electrons. The molecule has 16 heavy (non-hydrogen) atoms. The number of nitrogens with one attached hydrogen (secondary N) is 1. The third kappa shape index (κ3) is 4.16. The summed E-state index contributed by atoms with van der Waals surface area (Å²) in [5, 5.41) is 3.10. The van der Waals surface area contributed by atoms with Crippen molar-refractivity contribution in [2.24, 2.45) is 0 Å². The molecular formula is C12H21N3O. The molecule has 0 aliphatic rings. The first-order valence-corrected chi connectivity index (χ1v) is 5.66. The van der Waals surface area contributed by atoms with Gasteiger partial charge in [0.05, 0.1) is 12.3 Å². The van der Waals surface area contributed by atoms with E-state index >= 15 is 0 Å². The van der Waals surface area contributed by atoms with Gasteiger partial charge in [0, 0.05) is 38.6 Å². The Hall–Kier alpha value is -1.13. The molecule has 0 aliphatic heterocycles. The molecule has 0 fully saturated rings. The molecule has 0 aliphatic carbocycles. The summed E-state index contributed by atoms with van der Waals surface area (Å²) in [6.07, 6.45) is 1.85. The van der Waals surface area contributed by atoms with Gasteiger partial charge in [-0.2, -0.15) is 0 Å². The van der Waals surface area contributed by atoms with Crippen LogP contribution in [-0.2, 0) is 11.3 Å². The van der Waals surface area contributed by atoms with Gasteiger partial charge in [-0.25, -0.2) is 0 Å². The Kier molecular flexibility index (Phi) is 5.82. The van der Waals surface area contributed by atoms with Crippen LogP contribution in [0.4, 0.5) is 5.69 Å². The number of ether oxygens (including phenoxy) is 1. The fraction of sp³-hybridized carbons (Fsp3) is 0.583. The molecule has 1 N–H and O–H groups in total. The minimum absolute atomic E-state index is 0.761. The lowest BCUT2D eigenvalue weighted by Gasteiger charge is -2.19. The van der Waals surface area contributed by atoms with E-state index in [1.807, 2.05) is 26.2 Å². The van der Waals surface area contributed by atoms with Crippen LogP contribution < -0.4 is 10.2 Å². The number of aromatic nitrogens is 1. The number of hydrogen-bond donors (Lipinski definition) is 1. The van der Waals surface area contributed by atoms with Gasteiger partial charge in [-0.1, -0.05) is 0 Å². The summed E-state index contributed by atoms with van der Waals surface area (Å²) in [7, 11) is 3.99. The first kappa shape index (κ1) is 12.9. The molecule has 1 heterocycles. The summed E-state index contributed by atoms with van der Waals surface area (Å²) < 4.78 is 5.33. The van der Waals surface area contributed by atoms with E-state index in [0.717, 1.165) is 32.0 Å². The Bertz CT molecular complexity index is 304. The van der Waals surface area contributed by atoms with Gasteiger partial charge < -0.3 is 15.0 Å². The monoisotopic (exact) mass is 223 g/mol. The average molecular weight is 223 g/mol. The summed E-state index contributed by atoms with van der Waals surface area (Å²) in [6, 6.07) is 4.12. The molecule has 0 saturated heterocycles. The molecule has 0 atom stereocenters. The zero-order valence-electron chi connectivity index (χ0n) is 10.4. The molecule has 1 rings (SSSR count). The van der Waals surface area contributed by atoms with Gasteiger partial charge in [-0.15, -0.1) is 0 Å². The fourth-order valence-electron chi connectivity index (χ4n) is 1.46. The number of pyridine rings is 1. The molecule has 0 aromatic carbocycles. The Labute approximate surface area is 97.6 Å². The van der Waals surface area contributed by atoms with Crippen LogP contribution >= 0.6 is 0 Å². The standard InChI is InChI=1S/C12H21N3O/c1-4-16-8-7-15(3)12-5-6-14-11(9-12)10-13-2/h5-6,9,13H,4,7-8,10H2,1-3H3.